The highest BCUT2D eigenvalue weighted by molar-refractivity contribution is 9.10. The van der Waals surface area contributed by atoms with Gasteiger partial charge in [-0.2, -0.15) is 0 Å². The van der Waals surface area contributed by atoms with Crippen molar-refractivity contribution < 1.29 is 9.72 Å². The highest BCUT2D eigenvalue weighted by Gasteiger charge is 2.40. The molecule has 1 aromatic heterocycles. The van der Waals surface area contributed by atoms with Gasteiger partial charge < -0.3 is 0 Å². The van der Waals surface area contributed by atoms with Crippen LogP contribution in [-0.2, 0) is 4.79 Å². The zero-order valence-corrected chi connectivity index (χ0v) is 20.9. The Kier molecular flexibility index (Phi) is 5.49. The number of aromatic nitrogens is 1. The van der Waals surface area contributed by atoms with Crippen LogP contribution < -0.4 is 14.9 Å². The second-order valence-corrected chi connectivity index (χ2v) is 11.2. The van der Waals surface area contributed by atoms with Crippen LogP contribution in [0.15, 0.2) is 74.1 Å². The standard InChI is InChI=1S/C25H20BrN3O4S/c1-25(2)12-18-21(19(30)13-25)22(15-4-3-5-17(11-15)29(32)33)28-23(31)20(34-24(28)27-18)10-14-6-8-16(26)9-7-14/h3-11,22H,12-13H2,1-2H3. The van der Waals surface area contributed by atoms with Crippen LogP contribution in [0.4, 0.5) is 5.69 Å². The van der Waals surface area contributed by atoms with Gasteiger partial charge in [-0.1, -0.05) is 65.4 Å². The monoisotopic (exact) mass is 537 g/mol. The summed E-state index contributed by atoms with van der Waals surface area (Å²) in [5.41, 5.74) is 1.90. The number of benzene rings is 2. The molecule has 2 aromatic carbocycles. The number of Topliss-reactive ketones (excluding diaryl/α,β-unsaturated/α-hetero) is 1. The van der Waals surface area contributed by atoms with Crippen LogP contribution in [-0.4, -0.2) is 15.3 Å². The van der Waals surface area contributed by atoms with E-state index in [1.165, 1.54) is 28.0 Å². The molecule has 1 unspecified atom stereocenters. The van der Waals surface area contributed by atoms with Gasteiger partial charge >= 0.3 is 0 Å². The van der Waals surface area contributed by atoms with Gasteiger partial charge in [-0.3, -0.25) is 24.3 Å². The molecule has 5 rings (SSSR count). The van der Waals surface area contributed by atoms with E-state index in [1.807, 2.05) is 38.1 Å². The van der Waals surface area contributed by atoms with Crippen LogP contribution in [0.1, 0.15) is 43.9 Å². The Labute approximate surface area is 207 Å². The van der Waals surface area contributed by atoms with Crippen molar-refractivity contribution in [2.75, 3.05) is 0 Å². The van der Waals surface area contributed by atoms with Crippen molar-refractivity contribution in [2.24, 2.45) is 10.4 Å². The van der Waals surface area contributed by atoms with E-state index in [0.29, 0.717) is 39.0 Å². The maximum absolute atomic E-state index is 13.6. The van der Waals surface area contributed by atoms with Crippen molar-refractivity contribution in [1.29, 1.82) is 0 Å². The number of hydrogen-bond donors (Lipinski definition) is 0. The van der Waals surface area contributed by atoms with Gasteiger partial charge in [-0.05, 0) is 41.2 Å². The first-order valence-corrected chi connectivity index (χ1v) is 12.3. The van der Waals surface area contributed by atoms with E-state index in [2.05, 4.69) is 15.9 Å². The maximum Gasteiger partial charge on any atom is 0.271 e. The number of thiazole rings is 1. The van der Waals surface area contributed by atoms with Crippen LogP contribution in [0.2, 0.25) is 0 Å². The lowest BCUT2D eigenvalue weighted by molar-refractivity contribution is -0.384. The van der Waals surface area contributed by atoms with Gasteiger partial charge in [0.2, 0.25) is 0 Å². The minimum atomic E-state index is -0.748. The molecule has 9 heteroatoms. The molecular weight excluding hydrogens is 518 g/mol. The number of carbonyl (C=O) groups is 1. The average molecular weight is 538 g/mol. The SMILES string of the molecule is CC1(C)CC(=O)C2=C(C1)N=c1sc(=Cc3ccc(Br)cc3)c(=O)n1C2c1cccc([N+](=O)[O-])c1. The number of nitro benzene ring substituents is 1. The number of non-ortho nitro benzene ring substituents is 1. The van der Waals surface area contributed by atoms with E-state index < -0.39 is 11.0 Å². The van der Waals surface area contributed by atoms with Gasteiger partial charge in [0.1, 0.15) is 0 Å². The molecule has 0 saturated carbocycles. The summed E-state index contributed by atoms with van der Waals surface area (Å²) in [5.74, 6) is -0.0753. The molecule has 1 aliphatic heterocycles. The lowest BCUT2D eigenvalue weighted by atomic mass is 9.73. The van der Waals surface area contributed by atoms with E-state index in [0.717, 1.165) is 10.0 Å². The first kappa shape index (κ1) is 22.6. The topological polar surface area (TPSA) is 94.6 Å². The number of hydrogen-bond acceptors (Lipinski definition) is 6. The summed E-state index contributed by atoms with van der Waals surface area (Å²) in [6, 6.07) is 13.0. The molecule has 2 aliphatic rings. The summed E-state index contributed by atoms with van der Waals surface area (Å²) >= 11 is 4.68. The number of carbonyl (C=O) groups excluding carboxylic acids is 1. The summed E-state index contributed by atoms with van der Waals surface area (Å²) in [6.45, 7) is 4.05. The second-order valence-electron chi connectivity index (χ2n) is 9.29. The van der Waals surface area contributed by atoms with E-state index in [9.17, 15) is 19.7 Å². The summed E-state index contributed by atoms with van der Waals surface area (Å²) in [5, 5.41) is 11.4. The molecule has 1 atom stereocenters. The summed E-state index contributed by atoms with van der Waals surface area (Å²) in [7, 11) is 0. The summed E-state index contributed by atoms with van der Waals surface area (Å²) < 4.78 is 2.94. The molecule has 2 heterocycles. The maximum atomic E-state index is 13.6. The van der Waals surface area contributed by atoms with Gasteiger partial charge in [0, 0.05) is 28.6 Å². The molecule has 3 aromatic rings. The van der Waals surface area contributed by atoms with E-state index in [4.69, 9.17) is 4.99 Å². The normalized spacial score (nSPS) is 19.4. The second kappa shape index (κ2) is 8.25. The molecule has 0 bridgehead atoms. The minimum absolute atomic E-state index is 0.0753. The highest BCUT2D eigenvalue weighted by atomic mass is 79.9. The minimum Gasteiger partial charge on any atom is -0.294 e. The Balaban J connectivity index is 1.77. The largest absolute Gasteiger partial charge is 0.294 e. The van der Waals surface area contributed by atoms with Gasteiger partial charge in [0.05, 0.1) is 21.2 Å². The number of nitrogens with zero attached hydrogens (tertiary/aromatic N) is 3. The third kappa shape index (κ3) is 3.99. The van der Waals surface area contributed by atoms with Crippen molar-refractivity contribution >= 4 is 44.8 Å². The number of nitro groups is 1. The lowest BCUT2D eigenvalue weighted by Crippen LogP contribution is -2.42. The number of ketones is 1. The molecule has 0 radical (unpaired) electrons. The fraction of sp³-hybridized carbons (Fsp3) is 0.240. The van der Waals surface area contributed by atoms with Crippen LogP contribution in [0.25, 0.3) is 6.08 Å². The lowest BCUT2D eigenvalue weighted by Gasteiger charge is -2.35. The van der Waals surface area contributed by atoms with Crippen molar-refractivity contribution in [1.82, 2.24) is 4.57 Å². The van der Waals surface area contributed by atoms with Crippen molar-refractivity contribution in [3.05, 3.63) is 105 Å². The third-order valence-electron chi connectivity index (χ3n) is 6.06. The quantitative estimate of drug-likeness (QED) is 0.368. The molecule has 0 spiro atoms. The van der Waals surface area contributed by atoms with Gasteiger partial charge in [0.25, 0.3) is 11.2 Å². The number of fused-ring (bicyclic) bond motifs is 1. The third-order valence-corrected chi connectivity index (χ3v) is 7.57. The molecule has 0 fully saturated rings. The Bertz CT molecular complexity index is 1560. The highest BCUT2D eigenvalue weighted by Crippen LogP contribution is 2.43. The molecule has 1 aliphatic carbocycles. The Morgan fingerprint density at radius 3 is 2.62 bits per heavy atom. The van der Waals surface area contributed by atoms with Gasteiger partial charge in [-0.15, -0.1) is 0 Å². The van der Waals surface area contributed by atoms with Crippen LogP contribution in [0.3, 0.4) is 0 Å². The van der Waals surface area contributed by atoms with Crippen molar-refractivity contribution in [3.63, 3.8) is 0 Å². The number of rotatable bonds is 3. The molecule has 0 N–H and O–H groups in total. The molecule has 172 valence electrons. The van der Waals surface area contributed by atoms with E-state index in [-0.39, 0.29) is 22.4 Å². The van der Waals surface area contributed by atoms with E-state index in [1.54, 1.807) is 18.2 Å². The molecule has 0 saturated heterocycles. The summed E-state index contributed by atoms with van der Waals surface area (Å²) in [6.07, 6.45) is 2.73. The number of halogens is 1. The Morgan fingerprint density at radius 1 is 1.18 bits per heavy atom. The van der Waals surface area contributed by atoms with Crippen LogP contribution in [0, 0.1) is 15.5 Å². The predicted octanol–water partition coefficient (Wildman–Crippen LogP) is 4.28. The zero-order chi connectivity index (χ0) is 24.2. The molecule has 34 heavy (non-hydrogen) atoms. The molecular formula is C25H20BrN3O4S. The first-order chi connectivity index (χ1) is 16.1. The first-order valence-electron chi connectivity index (χ1n) is 10.7. The number of allylic oxidation sites excluding steroid dienone is 2. The van der Waals surface area contributed by atoms with Crippen LogP contribution in [0.5, 0.6) is 0 Å². The van der Waals surface area contributed by atoms with Crippen LogP contribution >= 0.6 is 27.3 Å². The fourth-order valence-corrected chi connectivity index (χ4v) is 5.87. The zero-order valence-electron chi connectivity index (χ0n) is 18.4. The average Bonchev–Trinajstić information content (AvgIpc) is 3.07. The smallest absolute Gasteiger partial charge is 0.271 e. The summed E-state index contributed by atoms with van der Waals surface area (Å²) in [4.78, 5) is 43.2. The van der Waals surface area contributed by atoms with Gasteiger partial charge in [0.15, 0.2) is 10.6 Å². The Hall–Kier alpha value is -3.17. The Morgan fingerprint density at radius 2 is 1.91 bits per heavy atom. The molecule has 0 amide bonds. The van der Waals surface area contributed by atoms with E-state index >= 15 is 0 Å². The van der Waals surface area contributed by atoms with Crippen molar-refractivity contribution in [2.45, 2.75) is 32.7 Å². The van der Waals surface area contributed by atoms with Crippen molar-refractivity contribution in [3.8, 4) is 0 Å². The fourth-order valence-electron chi connectivity index (χ4n) is 4.58. The molecule has 7 nitrogen and oxygen atoms in total. The van der Waals surface area contributed by atoms with Gasteiger partial charge in [-0.25, -0.2) is 4.99 Å². The predicted molar refractivity (Wildman–Crippen MR) is 133 cm³/mol.